The molecule has 5 heteroatoms. The summed E-state index contributed by atoms with van der Waals surface area (Å²) in [5, 5.41) is 11.3. The first-order valence-corrected chi connectivity index (χ1v) is 33.8. The van der Waals surface area contributed by atoms with Crippen molar-refractivity contribution < 1.29 is 6.85 Å². The van der Waals surface area contributed by atoms with Gasteiger partial charge in [0.2, 0.25) is 0 Å². The molecule has 14 aromatic carbocycles. The third kappa shape index (κ3) is 8.77. The molecule has 5 heterocycles. The molecule has 0 radical (unpaired) electrons. The summed E-state index contributed by atoms with van der Waals surface area (Å²) in [4.78, 5) is 4.97. The summed E-state index contributed by atoms with van der Waals surface area (Å²) < 4.78 is 51.0. The fourth-order valence-corrected chi connectivity index (χ4v) is 16.2. The predicted molar refractivity (Wildman–Crippen MR) is 416 cm³/mol. The highest BCUT2D eigenvalue weighted by molar-refractivity contribution is 7.00. The van der Waals surface area contributed by atoms with Gasteiger partial charge in [-0.2, -0.15) is 0 Å². The highest BCUT2D eigenvalue weighted by Gasteiger charge is 2.45. The monoisotopic (exact) mass is 1250 g/mol. The second-order valence-corrected chi connectivity index (χ2v) is 28.4. The SMILES string of the molecule is [2H]c1c([2H])c([2H])c(-c2ccc3c(c2)N(c2ccc(-c4ccccc4)cc2)c2c4c(cc5c2c2cccc6c7ccccc7c7ccccc7c7ccccc7n5c62)N(c2ccc(-c5ccccc5)cc2)c2cc(-n5c6ccc(C(C)(C)C)cc6c6cc(C(C)(C)C)ccc65)ccc2B34)c([2H])c1[2H]. The Hall–Kier alpha value is -11.7. The number of fused-ring (bicyclic) bond motifs is 18. The third-order valence-corrected chi connectivity index (χ3v) is 20.8. The first-order valence-electron chi connectivity index (χ1n) is 36.3. The zero-order valence-electron chi connectivity index (χ0n) is 59.9. The smallest absolute Gasteiger partial charge is 0.252 e. The molecule has 0 saturated heterocycles. The van der Waals surface area contributed by atoms with Crippen molar-refractivity contribution in [1.29, 1.82) is 0 Å². The van der Waals surface area contributed by atoms with Crippen LogP contribution in [0.15, 0.2) is 309 Å². The molecule has 460 valence electrons. The van der Waals surface area contributed by atoms with E-state index in [1.807, 2.05) is 12.1 Å². The molecule has 0 saturated carbocycles. The van der Waals surface area contributed by atoms with Gasteiger partial charge in [0.1, 0.15) is 0 Å². The average molecular weight is 1250 g/mol. The Labute approximate surface area is 572 Å². The molecule has 0 amide bonds. The van der Waals surface area contributed by atoms with Crippen molar-refractivity contribution in [3.05, 3.63) is 320 Å². The fourth-order valence-electron chi connectivity index (χ4n) is 16.2. The molecule has 3 aromatic heterocycles. The van der Waals surface area contributed by atoms with Gasteiger partial charge in [0.15, 0.2) is 0 Å². The van der Waals surface area contributed by atoms with Crippen LogP contribution in [0.25, 0.3) is 121 Å². The molecular weight excluding hydrogens is 1170 g/mol. The van der Waals surface area contributed by atoms with E-state index in [9.17, 15) is 2.74 Å². The van der Waals surface area contributed by atoms with E-state index in [2.05, 4.69) is 327 Å². The van der Waals surface area contributed by atoms with Gasteiger partial charge in [-0.3, -0.25) is 0 Å². The van der Waals surface area contributed by atoms with Gasteiger partial charge < -0.3 is 18.8 Å². The number of hydrogen-bond donors (Lipinski definition) is 0. The van der Waals surface area contributed by atoms with Gasteiger partial charge in [-0.1, -0.05) is 272 Å². The molecule has 0 bridgehead atoms. The van der Waals surface area contributed by atoms with Gasteiger partial charge in [-0.15, -0.1) is 0 Å². The second-order valence-electron chi connectivity index (χ2n) is 28.4. The molecule has 0 N–H and O–H groups in total. The first kappa shape index (κ1) is 51.7. The zero-order valence-corrected chi connectivity index (χ0v) is 54.9. The van der Waals surface area contributed by atoms with E-state index in [-0.39, 0.29) is 40.6 Å². The Morgan fingerprint density at radius 2 is 0.773 bits per heavy atom. The van der Waals surface area contributed by atoms with Crippen molar-refractivity contribution >= 4 is 139 Å². The van der Waals surface area contributed by atoms with Crippen LogP contribution < -0.4 is 26.2 Å². The topological polar surface area (TPSA) is 15.8 Å². The largest absolute Gasteiger partial charge is 0.311 e. The molecule has 0 fully saturated rings. The summed E-state index contributed by atoms with van der Waals surface area (Å²) in [7, 11) is 0. The van der Waals surface area contributed by atoms with Crippen molar-refractivity contribution in [3.8, 4) is 39.1 Å². The Bertz CT molecular complexity index is 6360. The van der Waals surface area contributed by atoms with E-state index in [4.69, 9.17) is 4.11 Å². The van der Waals surface area contributed by atoms with Crippen molar-refractivity contribution in [2.45, 2.75) is 52.4 Å². The van der Waals surface area contributed by atoms with Crippen LogP contribution in [0.3, 0.4) is 0 Å². The standard InChI is InChI=1S/C92H69BN4/c1-91(2,3)64-42-51-81-76(54-64)77-55-65(92(4,5)6)43-52-82(77)95(81)68-48-50-79-84(56-68)94(66-44-37-61(38-45-66)58-23-10-7-11-24-58)86-57-85-87(75-35-22-34-74-72-32-19-17-30-70(72)69-29-16-18-31-71(69)73-33-20-21-36-80(73)97(85)89(74)75)90-88(86)93(79)78-49-41-63(60-27-14-9-15-28-60)53-83(78)96(90)67-46-39-62(40-47-67)59-25-12-8-13-26-59/h7-57H,1-6H3/i9D,14D,15D,27D,28D. The first-order chi connectivity index (χ1) is 49.5. The molecular formula is C92H69BN4. The van der Waals surface area contributed by atoms with Crippen molar-refractivity contribution in [1.82, 2.24) is 8.97 Å². The van der Waals surface area contributed by atoms with E-state index in [1.165, 1.54) is 21.9 Å². The van der Waals surface area contributed by atoms with E-state index in [0.717, 1.165) is 149 Å². The van der Waals surface area contributed by atoms with E-state index in [0.29, 0.717) is 5.56 Å². The van der Waals surface area contributed by atoms with Gasteiger partial charge in [0.05, 0.1) is 40.1 Å². The molecule has 0 atom stereocenters. The van der Waals surface area contributed by atoms with Gasteiger partial charge >= 0.3 is 0 Å². The van der Waals surface area contributed by atoms with E-state index in [1.54, 1.807) is 0 Å². The molecule has 19 rings (SSSR count). The summed E-state index contributed by atoms with van der Waals surface area (Å²) in [6, 6.07) is 101. The summed E-state index contributed by atoms with van der Waals surface area (Å²) in [6.07, 6.45) is 0. The molecule has 97 heavy (non-hydrogen) atoms. The molecule has 17 aromatic rings. The van der Waals surface area contributed by atoms with E-state index < -0.39 is 12.8 Å². The maximum absolute atomic E-state index is 9.54. The van der Waals surface area contributed by atoms with Crippen LogP contribution in [0.1, 0.15) is 59.5 Å². The average Bonchev–Trinajstić information content (AvgIpc) is 1.33. The minimum atomic E-state index is -0.429. The van der Waals surface area contributed by atoms with Crippen LogP contribution >= 0.6 is 0 Å². The second kappa shape index (κ2) is 21.4. The zero-order chi connectivity index (χ0) is 69.4. The number of aromatic nitrogens is 2. The van der Waals surface area contributed by atoms with Gasteiger partial charge in [0, 0.05) is 66.4 Å². The lowest BCUT2D eigenvalue weighted by molar-refractivity contribution is 0.590. The summed E-state index contributed by atoms with van der Waals surface area (Å²) in [5.41, 5.74) is 22.8. The number of hydrogen-bond acceptors (Lipinski definition) is 2. The number of anilines is 6. The summed E-state index contributed by atoms with van der Waals surface area (Å²) >= 11 is 0. The van der Waals surface area contributed by atoms with Crippen molar-refractivity contribution in [3.63, 3.8) is 0 Å². The Morgan fingerprint density at radius 1 is 0.309 bits per heavy atom. The molecule has 2 aliphatic rings. The quantitative estimate of drug-likeness (QED) is 0.154. The lowest BCUT2D eigenvalue weighted by atomic mass is 9.33. The lowest BCUT2D eigenvalue weighted by Crippen LogP contribution is -2.61. The van der Waals surface area contributed by atoms with Gasteiger partial charge in [-0.25, -0.2) is 0 Å². The molecule has 2 aliphatic heterocycles. The molecule has 0 spiro atoms. The predicted octanol–water partition coefficient (Wildman–Crippen LogP) is 23.0. The Morgan fingerprint density at radius 3 is 1.36 bits per heavy atom. The van der Waals surface area contributed by atoms with E-state index >= 15 is 0 Å². The summed E-state index contributed by atoms with van der Waals surface area (Å²) in [6.45, 7) is 13.4. The van der Waals surface area contributed by atoms with Gasteiger partial charge in [-0.05, 0) is 172 Å². The molecule has 0 unspecified atom stereocenters. The number of para-hydroxylation sites is 2. The van der Waals surface area contributed by atoms with Crippen molar-refractivity contribution in [2.75, 3.05) is 9.80 Å². The Balaban J connectivity index is 1.01. The number of nitrogens with zero attached hydrogens (tertiary/aromatic N) is 4. The van der Waals surface area contributed by atoms with Crippen LogP contribution in [-0.4, -0.2) is 15.7 Å². The highest BCUT2D eigenvalue weighted by Crippen LogP contribution is 2.52. The maximum Gasteiger partial charge on any atom is 0.252 e. The molecule has 4 nitrogen and oxygen atoms in total. The van der Waals surface area contributed by atoms with Crippen molar-refractivity contribution in [2.24, 2.45) is 0 Å². The van der Waals surface area contributed by atoms with Crippen LogP contribution in [0.4, 0.5) is 34.1 Å². The van der Waals surface area contributed by atoms with Crippen LogP contribution in [0, 0.1) is 0 Å². The minimum Gasteiger partial charge on any atom is -0.311 e. The fraction of sp³-hybridized carbons (Fsp3) is 0.0870. The van der Waals surface area contributed by atoms with Gasteiger partial charge in [0.25, 0.3) is 6.71 Å². The molecule has 0 aliphatic carbocycles. The Kier molecular flexibility index (Phi) is 11.4. The maximum atomic E-state index is 9.54. The number of benzene rings is 14. The lowest BCUT2D eigenvalue weighted by Gasteiger charge is -2.44. The normalized spacial score (nSPS) is 13.7. The number of rotatable bonds is 6. The third-order valence-electron chi connectivity index (χ3n) is 20.8. The van der Waals surface area contributed by atoms with Crippen LogP contribution in [0.5, 0.6) is 0 Å². The minimum absolute atomic E-state index is 0.0856. The van der Waals surface area contributed by atoms with Crippen LogP contribution in [0.2, 0.25) is 0 Å². The van der Waals surface area contributed by atoms with Crippen LogP contribution in [-0.2, 0) is 10.8 Å². The highest BCUT2D eigenvalue weighted by atomic mass is 15.2. The summed E-state index contributed by atoms with van der Waals surface area (Å²) in [5.74, 6) is 0.